The lowest BCUT2D eigenvalue weighted by Crippen LogP contribution is -2.38. The minimum Gasteiger partial charge on any atom is -0.384 e. The van der Waals surface area contributed by atoms with Gasteiger partial charge in [0.05, 0.1) is 0 Å². The van der Waals surface area contributed by atoms with Crippen LogP contribution in [0.4, 0.5) is 5.82 Å². The number of amides is 1. The first-order valence-electron chi connectivity index (χ1n) is 6.99. The van der Waals surface area contributed by atoms with Crippen LogP contribution in [-0.2, 0) is 0 Å². The zero-order valence-electron chi connectivity index (χ0n) is 12.6. The van der Waals surface area contributed by atoms with E-state index in [1.54, 1.807) is 6.07 Å². The average Bonchev–Trinajstić information content (AvgIpc) is 2.38. The van der Waals surface area contributed by atoms with Gasteiger partial charge >= 0.3 is 0 Å². The Bertz CT molecular complexity index is 443. The minimum absolute atomic E-state index is 0.0350. The van der Waals surface area contributed by atoms with Crippen LogP contribution in [0.25, 0.3) is 0 Å². The van der Waals surface area contributed by atoms with E-state index in [9.17, 15) is 4.79 Å². The molecule has 1 rings (SSSR count). The molecular weight excluding hydrogens is 238 g/mol. The SMILES string of the molecule is CCC(C)N(CC)C(=O)c1cc(N)nc(C(C)C)c1. The summed E-state index contributed by atoms with van der Waals surface area (Å²) in [6.07, 6.45) is 0.942. The summed E-state index contributed by atoms with van der Waals surface area (Å²) in [5.41, 5.74) is 7.31. The van der Waals surface area contributed by atoms with Crippen molar-refractivity contribution in [2.45, 2.75) is 53.0 Å². The highest BCUT2D eigenvalue weighted by atomic mass is 16.2. The molecule has 0 bridgehead atoms. The Labute approximate surface area is 116 Å². The second-order valence-electron chi connectivity index (χ2n) is 5.21. The molecule has 106 valence electrons. The molecule has 19 heavy (non-hydrogen) atoms. The van der Waals surface area contributed by atoms with Gasteiger partial charge in [0.25, 0.3) is 5.91 Å². The Morgan fingerprint density at radius 2 is 1.95 bits per heavy atom. The number of carbonyl (C=O) groups excluding carboxylic acids is 1. The smallest absolute Gasteiger partial charge is 0.254 e. The van der Waals surface area contributed by atoms with Gasteiger partial charge in [0.1, 0.15) is 5.82 Å². The van der Waals surface area contributed by atoms with Crippen LogP contribution in [0.5, 0.6) is 0 Å². The fourth-order valence-electron chi connectivity index (χ4n) is 2.03. The largest absolute Gasteiger partial charge is 0.384 e. The summed E-state index contributed by atoms with van der Waals surface area (Å²) >= 11 is 0. The van der Waals surface area contributed by atoms with Gasteiger partial charge in [-0.3, -0.25) is 4.79 Å². The van der Waals surface area contributed by atoms with Crippen LogP contribution in [0.3, 0.4) is 0 Å². The van der Waals surface area contributed by atoms with Crippen LogP contribution >= 0.6 is 0 Å². The van der Waals surface area contributed by atoms with Crippen molar-refractivity contribution in [3.8, 4) is 0 Å². The van der Waals surface area contributed by atoms with E-state index in [0.717, 1.165) is 12.1 Å². The van der Waals surface area contributed by atoms with Crippen LogP contribution in [0.2, 0.25) is 0 Å². The predicted molar refractivity (Wildman–Crippen MR) is 79.2 cm³/mol. The third-order valence-electron chi connectivity index (χ3n) is 3.43. The quantitative estimate of drug-likeness (QED) is 0.888. The second kappa shape index (κ2) is 6.55. The van der Waals surface area contributed by atoms with E-state index < -0.39 is 0 Å². The lowest BCUT2D eigenvalue weighted by atomic mass is 10.1. The maximum absolute atomic E-state index is 12.5. The summed E-state index contributed by atoms with van der Waals surface area (Å²) in [4.78, 5) is 18.7. The Hall–Kier alpha value is -1.58. The molecule has 1 heterocycles. The van der Waals surface area contributed by atoms with Crippen LogP contribution in [0.1, 0.15) is 63.0 Å². The van der Waals surface area contributed by atoms with Gasteiger partial charge < -0.3 is 10.6 Å². The molecule has 1 unspecified atom stereocenters. The van der Waals surface area contributed by atoms with Gasteiger partial charge in [-0.1, -0.05) is 20.8 Å². The van der Waals surface area contributed by atoms with Crippen LogP contribution in [-0.4, -0.2) is 28.4 Å². The highest BCUT2D eigenvalue weighted by molar-refractivity contribution is 5.95. The lowest BCUT2D eigenvalue weighted by molar-refractivity contribution is 0.0699. The molecule has 0 radical (unpaired) electrons. The molecule has 0 aliphatic heterocycles. The fraction of sp³-hybridized carbons (Fsp3) is 0.600. The van der Waals surface area contributed by atoms with E-state index in [1.807, 2.05) is 31.7 Å². The van der Waals surface area contributed by atoms with Crippen LogP contribution in [0, 0.1) is 0 Å². The molecule has 0 aromatic carbocycles. The lowest BCUT2D eigenvalue weighted by Gasteiger charge is -2.27. The first-order valence-corrected chi connectivity index (χ1v) is 6.99. The zero-order valence-corrected chi connectivity index (χ0v) is 12.6. The van der Waals surface area contributed by atoms with Gasteiger partial charge in [-0.25, -0.2) is 4.98 Å². The monoisotopic (exact) mass is 263 g/mol. The van der Waals surface area contributed by atoms with Gasteiger partial charge in [-0.15, -0.1) is 0 Å². The zero-order chi connectivity index (χ0) is 14.6. The summed E-state index contributed by atoms with van der Waals surface area (Å²) in [6.45, 7) is 10.9. The molecule has 4 heteroatoms. The Kier molecular flexibility index (Phi) is 5.33. The van der Waals surface area contributed by atoms with Gasteiger partial charge in [-0.05, 0) is 38.3 Å². The second-order valence-corrected chi connectivity index (χ2v) is 5.21. The first-order chi connectivity index (χ1) is 8.90. The number of aromatic nitrogens is 1. The molecule has 1 aromatic heterocycles. The third kappa shape index (κ3) is 3.69. The molecule has 1 amide bonds. The summed E-state index contributed by atoms with van der Waals surface area (Å²) < 4.78 is 0. The molecule has 0 saturated carbocycles. The number of nitrogens with two attached hydrogens (primary N) is 1. The molecule has 0 fully saturated rings. The normalized spacial score (nSPS) is 12.5. The number of hydrogen-bond acceptors (Lipinski definition) is 3. The van der Waals surface area contributed by atoms with Crippen molar-refractivity contribution >= 4 is 11.7 Å². The summed E-state index contributed by atoms with van der Waals surface area (Å²) in [5.74, 6) is 0.705. The number of anilines is 1. The fourth-order valence-corrected chi connectivity index (χ4v) is 2.03. The maximum atomic E-state index is 12.5. The highest BCUT2D eigenvalue weighted by Crippen LogP contribution is 2.18. The van der Waals surface area contributed by atoms with Gasteiger partial charge in [0.2, 0.25) is 0 Å². The van der Waals surface area contributed by atoms with Crippen molar-refractivity contribution in [1.29, 1.82) is 0 Å². The number of carbonyl (C=O) groups is 1. The van der Waals surface area contributed by atoms with E-state index in [1.165, 1.54) is 0 Å². The van der Waals surface area contributed by atoms with Crippen LogP contribution in [0.15, 0.2) is 12.1 Å². The van der Waals surface area contributed by atoms with Gasteiger partial charge in [-0.2, -0.15) is 0 Å². The van der Waals surface area contributed by atoms with Crippen molar-refractivity contribution < 1.29 is 4.79 Å². The van der Waals surface area contributed by atoms with Crippen molar-refractivity contribution in [1.82, 2.24) is 9.88 Å². The first kappa shape index (κ1) is 15.5. The van der Waals surface area contributed by atoms with E-state index in [-0.39, 0.29) is 17.9 Å². The molecule has 2 N–H and O–H groups in total. The minimum atomic E-state index is 0.0350. The number of rotatable bonds is 5. The molecule has 0 aliphatic rings. The van der Waals surface area contributed by atoms with Crippen molar-refractivity contribution in [2.75, 3.05) is 12.3 Å². The van der Waals surface area contributed by atoms with Crippen LogP contribution < -0.4 is 5.73 Å². The van der Waals surface area contributed by atoms with Gasteiger partial charge in [0.15, 0.2) is 0 Å². The van der Waals surface area contributed by atoms with E-state index in [0.29, 0.717) is 17.9 Å². The molecule has 1 atom stereocenters. The molecule has 1 aromatic rings. The topological polar surface area (TPSA) is 59.2 Å². The van der Waals surface area contributed by atoms with E-state index in [2.05, 4.69) is 18.8 Å². The molecular formula is C15H25N3O. The van der Waals surface area contributed by atoms with E-state index in [4.69, 9.17) is 5.73 Å². The Balaban J connectivity index is 3.11. The number of nitrogens with zero attached hydrogens (tertiary/aromatic N) is 2. The van der Waals surface area contributed by atoms with Gasteiger partial charge in [0, 0.05) is 23.8 Å². The third-order valence-corrected chi connectivity index (χ3v) is 3.43. The standard InChI is InChI=1S/C15H25N3O/c1-6-11(5)18(7-2)15(19)12-8-13(10(3)4)17-14(16)9-12/h8-11H,6-7H2,1-5H3,(H2,16,17). The summed E-state index contributed by atoms with van der Waals surface area (Å²) in [5, 5.41) is 0. The average molecular weight is 263 g/mol. The molecule has 0 saturated heterocycles. The van der Waals surface area contributed by atoms with Crippen molar-refractivity contribution in [2.24, 2.45) is 0 Å². The summed E-state index contributed by atoms with van der Waals surface area (Å²) in [6, 6.07) is 3.75. The number of nitrogen functional groups attached to an aromatic ring is 1. The van der Waals surface area contributed by atoms with Crippen molar-refractivity contribution in [3.05, 3.63) is 23.4 Å². The number of hydrogen-bond donors (Lipinski definition) is 1. The Morgan fingerprint density at radius 1 is 1.32 bits per heavy atom. The van der Waals surface area contributed by atoms with E-state index >= 15 is 0 Å². The molecule has 4 nitrogen and oxygen atoms in total. The number of pyridine rings is 1. The van der Waals surface area contributed by atoms with Crippen molar-refractivity contribution in [3.63, 3.8) is 0 Å². The summed E-state index contributed by atoms with van der Waals surface area (Å²) in [7, 11) is 0. The molecule has 0 aliphatic carbocycles. The Morgan fingerprint density at radius 3 is 2.42 bits per heavy atom. The maximum Gasteiger partial charge on any atom is 0.254 e. The predicted octanol–water partition coefficient (Wildman–Crippen LogP) is 3.05. The molecule has 0 spiro atoms. The highest BCUT2D eigenvalue weighted by Gasteiger charge is 2.20.